The van der Waals surface area contributed by atoms with Crippen molar-refractivity contribution in [2.75, 3.05) is 12.3 Å². The first-order valence-corrected chi connectivity index (χ1v) is 4.51. The van der Waals surface area contributed by atoms with Gasteiger partial charge in [-0.1, -0.05) is 20.8 Å². The van der Waals surface area contributed by atoms with Gasteiger partial charge in [-0.15, -0.1) is 0 Å². The zero-order valence-electron chi connectivity index (χ0n) is 7.18. The highest BCUT2D eigenvalue weighted by atomic mass is 32.2. The second-order valence-electron chi connectivity index (χ2n) is 3.19. The van der Waals surface area contributed by atoms with Crippen LogP contribution in [0.25, 0.3) is 0 Å². The fourth-order valence-electron chi connectivity index (χ4n) is 0.515. The van der Waals surface area contributed by atoms with Gasteiger partial charge in [-0.25, -0.2) is 4.79 Å². The third kappa shape index (κ3) is 9.62. The Morgan fingerprint density at radius 3 is 2.45 bits per heavy atom. The van der Waals surface area contributed by atoms with Gasteiger partial charge in [0, 0.05) is 17.0 Å². The first-order valence-electron chi connectivity index (χ1n) is 3.52. The number of amides is 1. The van der Waals surface area contributed by atoms with E-state index in [0.29, 0.717) is 6.54 Å². The van der Waals surface area contributed by atoms with Crippen LogP contribution in [0.4, 0.5) is 4.79 Å². The Labute approximate surface area is 71.6 Å². The highest BCUT2D eigenvalue weighted by molar-refractivity contribution is 8.00. The Balaban J connectivity index is 3.22. The lowest BCUT2D eigenvalue weighted by Crippen LogP contribution is -2.24. The largest absolute Gasteiger partial charge is 0.465 e. The SMILES string of the molecule is CC(C)(C)SCCNC(=O)O. The molecule has 0 aromatic heterocycles. The minimum absolute atomic E-state index is 0.222. The predicted octanol–water partition coefficient (Wildman–Crippen LogP) is 1.79. The van der Waals surface area contributed by atoms with Crippen LogP contribution in [0.1, 0.15) is 20.8 Å². The van der Waals surface area contributed by atoms with Crippen LogP contribution >= 0.6 is 11.8 Å². The summed E-state index contributed by atoms with van der Waals surface area (Å²) in [5.41, 5.74) is 0. The van der Waals surface area contributed by atoms with E-state index in [-0.39, 0.29) is 4.75 Å². The summed E-state index contributed by atoms with van der Waals surface area (Å²) in [6.07, 6.45) is -0.945. The van der Waals surface area contributed by atoms with Crippen LogP contribution in [0.2, 0.25) is 0 Å². The minimum Gasteiger partial charge on any atom is -0.465 e. The van der Waals surface area contributed by atoms with E-state index in [1.807, 2.05) is 0 Å². The lowest BCUT2D eigenvalue weighted by molar-refractivity contribution is 0.195. The highest BCUT2D eigenvalue weighted by Gasteiger charge is 2.09. The number of carbonyl (C=O) groups is 1. The molecular formula is C7H15NO2S. The van der Waals surface area contributed by atoms with Gasteiger partial charge in [-0.2, -0.15) is 11.8 Å². The van der Waals surface area contributed by atoms with Gasteiger partial charge in [0.1, 0.15) is 0 Å². The molecule has 0 saturated heterocycles. The van der Waals surface area contributed by atoms with Gasteiger partial charge in [0.15, 0.2) is 0 Å². The molecule has 0 heterocycles. The van der Waals surface area contributed by atoms with Crippen molar-refractivity contribution in [3.05, 3.63) is 0 Å². The lowest BCUT2D eigenvalue weighted by atomic mass is 10.3. The fraction of sp³-hybridized carbons (Fsp3) is 0.857. The summed E-state index contributed by atoms with van der Waals surface area (Å²) in [4.78, 5) is 10.0. The Morgan fingerprint density at radius 1 is 1.55 bits per heavy atom. The summed E-state index contributed by atoms with van der Waals surface area (Å²) in [6, 6.07) is 0. The van der Waals surface area contributed by atoms with Crippen LogP contribution in [0.15, 0.2) is 0 Å². The quantitative estimate of drug-likeness (QED) is 0.646. The van der Waals surface area contributed by atoms with E-state index in [4.69, 9.17) is 5.11 Å². The van der Waals surface area contributed by atoms with Crippen molar-refractivity contribution in [1.82, 2.24) is 5.32 Å². The van der Waals surface area contributed by atoms with Gasteiger partial charge in [-0.3, -0.25) is 0 Å². The molecule has 0 radical (unpaired) electrons. The van der Waals surface area contributed by atoms with Gasteiger partial charge in [0.25, 0.3) is 0 Å². The first kappa shape index (κ1) is 10.6. The van der Waals surface area contributed by atoms with E-state index in [2.05, 4.69) is 26.1 Å². The molecule has 0 unspecified atom stereocenters. The molecule has 0 aliphatic carbocycles. The molecule has 0 spiro atoms. The highest BCUT2D eigenvalue weighted by Crippen LogP contribution is 2.21. The van der Waals surface area contributed by atoms with Gasteiger partial charge in [0.2, 0.25) is 0 Å². The summed E-state index contributed by atoms with van der Waals surface area (Å²) < 4.78 is 0.222. The molecule has 0 aliphatic heterocycles. The van der Waals surface area contributed by atoms with Crippen molar-refractivity contribution in [3.8, 4) is 0 Å². The Kier molecular flexibility index (Phi) is 4.33. The van der Waals surface area contributed by atoms with Gasteiger partial charge >= 0.3 is 6.09 Å². The topological polar surface area (TPSA) is 49.3 Å². The average molecular weight is 177 g/mol. The molecular weight excluding hydrogens is 162 g/mol. The van der Waals surface area contributed by atoms with Crippen molar-refractivity contribution in [1.29, 1.82) is 0 Å². The van der Waals surface area contributed by atoms with Crippen LogP contribution in [-0.4, -0.2) is 28.2 Å². The lowest BCUT2D eigenvalue weighted by Gasteiger charge is -2.16. The van der Waals surface area contributed by atoms with E-state index in [1.165, 1.54) is 0 Å². The van der Waals surface area contributed by atoms with E-state index >= 15 is 0 Å². The van der Waals surface area contributed by atoms with Gasteiger partial charge < -0.3 is 10.4 Å². The van der Waals surface area contributed by atoms with Crippen LogP contribution < -0.4 is 5.32 Å². The van der Waals surface area contributed by atoms with Crippen molar-refractivity contribution in [2.24, 2.45) is 0 Å². The number of thioether (sulfide) groups is 1. The maximum atomic E-state index is 10.0. The molecule has 3 nitrogen and oxygen atoms in total. The molecule has 66 valence electrons. The Morgan fingerprint density at radius 2 is 2.09 bits per heavy atom. The van der Waals surface area contributed by atoms with Crippen molar-refractivity contribution in [2.45, 2.75) is 25.5 Å². The number of nitrogens with one attached hydrogen (secondary N) is 1. The van der Waals surface area contributed by atoms with E-state index in [1.54, 1.807) is 11.8 Å². The maximum Gasteiger partial charge on any atom is 0.404 e. The molecule has 0 fully saturated rings. The molecule has 0 aliphatic rings. The monoisotopic (exact) mass is 177 g/mol. The van der Waals surface area contributed by atoms with Crippen molar-refractivity contribution < 1.29 is 9.90 Å². The molecule has 0 saturated carbocycles. The Hall–Kier alpha value is -0.380. The second-order valence-corrected chi connectivity index (χ2v) is 5.11. The third-order valence-electron chi connectivity index (χ3n) is 0.913. The standard InChI is InChI=1S/C7H15NO2S/c1-7(2,3)11-5-4-8-6(9)10/h8H,4-5H2,1-3H3,(H,9,10). The number of hydrogen-bond acceptors (Lipinski definition) is 2. The molecule has 2 N–H and O–H groups in total. The van der Waals surface area contributed by atoms with Crippen molar-refractivity contribution in [3.63, 3.8) is 0 Å². The number of rotatable bonds is 3. The average Bonchev–Trinajstić information content (AvgIpc) is 1.78. The summed E-state index contributed by atoms with van der Waals surface area (Å²) in [7, 11) is 0. The third-order valence-corrected chi connectivity index (χ3v) is 2.19. The van der Waals surface area contributed by atoms with E-state index < -0.39 is 6.09 Å². The summed E-state index contributed by atoms with van der Waals surface area (Å²) >= 11 is 1.75. The van der Waals surface area contributed by atoms with E-state index in [9.17, 15) is 4.79 Å². The molecule has 0 rings (SSSR count). The predicted molar refractivity (Wildman–Crippen MR) is 48.2 cm³/mol. The van der Waals surface area contributed by atoms with Crippen LogP contribution in [0.5, 0.6) is 0 Å². The first-order chi connectivity index (χ1) is 4.92. The number of carboxylic acid groups (broad SMARTS) is 1. The molecule has 0 aromatic carbocycles. The molecule has 4 heteroatoms. The van der Waals surface area contributed by atoms with Crippen LogP contribution in [-0.2, 0) is 0 Å². The Bertz CT molecular complexity index is 131. The fourth-order valence-corrected chi connectivity index (χ4v) is 1.33. The van der Waals surface area contributed by atoms with E-state index in [0.717, 1.165) is 5.75 Å². The second kappa shape index (κ2) is 4.49. The zero-order chi connectivity index (χ0) is 8.91. The summed E-state index contributed by atoms with van der Waals surface area (Å²) in [5.74, 6) is 0.829. The molecule has 0 aromatic rings. The van der Waals surface area contributed by atoms with Crippen LogP contribution in [0.3, 0.4) is 0 Å². The summed E-state index contributed by atoms with van der Waals surface area (Å²) in [6.45, 7) is 6.85. The maximum absolute atomic E-state index is 10.0. The molecule has 0 bridgehead atoms. The van der Waals surface area contributed by atoms with Crippen molar-refractivity contribution >= 4 is 17.9 Å². The summed E-state index contributed by atoms with van der Waals surface area (Å²) in [5, 5.41) is 10.5. The number of hydrogen-bond donors (Lipinski definition) is 2. The molecule has 0 atom stereocenters. The van der Waals surface area contributed by atoms with Crippen LogP contribution in [0, 0.1) is 0 Å². The minimum atomic E-state index is -0.945. The van der Waals surface area contributed by atoms with Gasteiger partial charge in [-0.05, 0) is 0 Å². The zero-order valence-corrected chi connectivity index (χ0v) is 7.99. The molecule has 1 amide bonds. The molecule has 11 heavy (non-hydrogen) atoms. The van der Waals surface area contributed by atoms with Gasteiger partial charge in [0.05, 0.1) is 0 Å². The smallest absolute Gasteiger partial charge is 0.404 e. The normalized spacial score (nSPS) is 11.2.